The molecule has 0 aliphatic carbocycles. The Balaban J connectivity index is 2.22. The van der Waals surface area contributed by atoms with Crippen LogP contribution in [-0.4, -0.2) is 26.3 Å². The molecular formula is C14H20ClN5. The topological polar surface area (TPSA) is 55.6 Å². The maximum atomic E-state index is 6.27. The van der Waals surface area contributed by atoms with Crippen molar-refractivity contribution in [3.8, 4) is 0 Å². The van der Waals surface area contributed by atoms with Crippen LogP contribution in [0.25, 0.3) is 0 Å². The van der Waals surface area contributed by atoms with E-state index in [2.05, 4.69) is 34.2 Å². The lowest BCUT2D eigenvalue weighted by Gasteiger charge is -2.19. The molecule has 20 heavy (non-hydrogen) atoms. The zero-order valence-electron chi connectivity index (χ0n) is 11.9. The van der Waals surface area contributed by atoms with Crippen molar-refractivity contribution >= 4 is 11.6 Å². The summed E-state index contributed by atoms with van der Waals surface area (Å²) in [4.78, 5) is 8.39. The Morgan fingerprint density at radius 3 is 2.95 bits per heavy atom. The van der Waals surface area contributed by atoms with Gasteiger partial charge in [0.1, 0.15) is 12.2 Å². The van der Waals surface area contributed by atoms with Gasteiger partial charge in [0.2, 0.25) is 0 Å². The van der Waals surface area contributed by atoms with Gasteiger partial charge in [0.25, 0.3) is 0 Å². The van der Waals surface area contributed by atoms with Gasteiger partial charge in [-0.05, 0) is 31.5 Å². The lowest BCUT2D eigenvalue weighted by molar-refractivity contribution is 0.496. The van der Waals surface area contributed by atoms with Gasteiger partial charge in [-0.2, -0.15) is 5.10 Å². The second-order valence-electron chi connectivity index (χ2n) is 4.60. The molecule has 1 atom stereocenters. The molecule has 1 N–H and O–H groups in total. The van der Waals surface area contributed by atoms with Crippen LogP contribution in [0.4, 0.5) is 0 Å². The van der Waals surface area contributed by atoms with Crippen molar-refractivity contribution in [2.24, 2.45) is 0 Å². The van der Waals surface area contributed by atoms with Crippen LogP contribution < -0.4 is 5.32 Å². The predicted molar refractivity (Wildman–Crippen MR) is 79.7 cm³/mol. The third-order valence-electron chi connectivity index (χ3n) is 3.20. The van der Waals surface area contributed by atoms with E-state index >= 15 is 0 Å². The highest BCUT2D eigenvalue weighted by Gasteiger charge is 2.17. The summed E-state index contributed by atoms with van der Waals surface area (Å²) in [6, 6.07) is 2.09. The van der Waals surface area contributed by atoms with Gasteiger partial charge in [0.05, 0.1) is 5.02 Å². The Bertz CT molecular complexity index is 540. The standard InChI is InChI=1S/C14H20ClN5/c1-3-6-17-13(11-5-7-16-9-12(11)15)8-14-18-10-19-20(14)4-2/h5,7,9-10,13,17H,3-4,6,8H2,1-2H3. The second-order valence-corrected chi connectivity index (χ2v) is 5.01. The van der Waals surface area contributed by atoms with Crippen LogP contribution >= 0.6 is 11.6 Å². The summed E-state index contributed by atoms with van der Waals surface area (Å²) in [6.07, 6.45) is 6.88. The lowest BCUT2D eigenvalue weighted by Crippen LogP contribution is -2.25. The van der Waals surface area contributed by atoms with Gasteiger partial charge in [-0.1, -0.05) is 18.5 Å². The fourth-order valence-electron chi connectivity index (χ4n) is 2.17. The van der Waals surface area contributed by atoms with Crippen molar-refractivity contribution in [3.05, 3.63) is 41.2 Å². The highest BCUT2D eigenvalue weighted by molar-refractivity contribution is 6.31. The highest BCUT2D eigenvalue weighted by atomic mass is 35.5. The van der Waals surface area contributed by atoms with E-state index in [4.69, 9.17) is 11.6 Å². The van der Waals surface area contributed by atoms with Crippen LogP contribution in [0.5, 0.6) is 0 Å². The minimum Gasteiger partial charge on any atom is -0.310 e. The Hall–Kier alpha value is -1.46. The normalized spacial score (nSPS) is 12.6. The summed E-state index contributed by atoms with van der Waals surface area (Å²) in [7, 11) is 0. The molecular weight excluding hydrogens is 274 g/mol. The van der Waals surface area contributed by atoms with E-state index in [0.29, 0.717) is 5.02 Å². The highest BCUT2D eigenvalue weighted by Crippen LogP contribution is 2.24. The van der Waals surface area contributed by atoms with E-state index in [0.717, 1.165) is 37.3 Å². The molecule has 0 saturated carbocycles. The maximum absolute atomic E-state index is 6.27. The van der Waals surface area contributed by atoms with Crippen molar-refractivity contribution in [3.63, 3.8) is 0 Å². The van der Waals surface area contributed by atoms with E-state index in [-0.39, 0.29) is 6.04 Å². The van der Waals surface area contributed by atoms with Gasteiger partial charge in [0.15, 0.2) is 0 Å². The van der Waals surface area contributed by atoms with Crippen molar-refractivity contribution in [2.75, 3.05) is 6.54 Å². The van der Waals surface area contributed by atoms with Crippen LogP contribution in [0, 0.1) is 0 Å². The minimum atomic E-state index is 0.125. The van der Waals surface area contributed by atoms with E-state index in [1.54, 1.807) is 18.7 Å². The van der Waals surface area contributed by atoms with Crippen molar-refractivity contribution < 1.29 is 0 Å². The first-order valence-corrected chi connectivity index (χ1v) is 7.33. The number of aromatic nitrogens is 4. The molecule has 2 aromatic heterocycles. The number of pyridine rings is 1. The van der Waals surface area contributed by atoms with Crippen LogP contribution in [0.15, 0.2) is 24.8 Å². The molecule has 1 unspecified atom stereocenters. The summed E-state index contributed by atoms with van der Waals surface area (Å²) in [5, 5.41) is 8.42. The third-order valence-corrected chi connectivity index (χ3v) is 3.52. The molecule has 2 aromatic rings. The predicted octanol–water partition coefficient (Wildman–Crippen LogP) is 2.63. The van der Waals surface area contributed by atoms with E-state index < -0.39 is 0 Å². The number of rotatable bonds is 7. The van der Waals surface area contributed by atoms with E-state index in [1.807, 2.05) is 10.7 Å². The smallest absolute Gasteiger partial charge is 0.138 e. The second kappa shape index (κ2) is 7.36. The summed E-state index contributed by atoms with van der Waals surface area (Å²) in [6.45, 7) is 5.96. The largest absolute Gasteiger partial charge is 0.310 e. The molecule has 6 heteroatoms. The molecule has 108 valence electrons. The van der Waals surface area contributed by atoms with Crippen molar-refractivity contribution in [1.29, 1.82) is 0 Å². The third kappa shape index (κ3) is 3.55. The van der Waals surface area contributed by atoms with Crippen LogP contribution in [0.3, 0.4) is 0 Å². The van der Waals surface area contributed by atoms with E-state index in [9.17, 15) is 0 Å². The van der Waals surface area contributed by atoms with Crippen LogP contribution in [-0.2, 0) is 13.0 Å². The molecule has 0 spiro atoms. The lowest BCUT2D eigenvalue weighted by atomic mass is 10.0. The molecule has 0 aliphatic heterocycles. The fourth-order valence-corrected chi connectivity index (χ4v) is 2.42. The number of hydrogen-bond donors (Lipinski definition) is 1. The van der Waals surface area contributed by atoms with Gasteiger partial charge < -0.3 is 5.32 Å². The summed E-state index contributed by atoms with van der Waals surface area (Å²) >= 11 is 6.27. The van der Waals surface area contributed by atoms with Crippen molar-refractivity contribution in [2.45, 2.75) is 39.3 Å². The Morgan fingerprint density at radius 1 is 1.40 bits per heavy atom. The SMILES string of the molecule is CCCNC(Cc1ncnn1CC)c1ccncc1Cl. The van der Waals surface area contributed by atoms with Gasteiger partial charge in [-0.25, -0.2) is 4.98 Å². The molecule has 0 bridgehead atoms. The summed E-state index contributed by atoms with van der Waals surface area (Å²) in [5.74, 6) is 0.967. The molecule has 0 aromatic carbocycles. The molecule has 0 radical (unpaired) electrons. The van der Waals surface area contributed by atoms with Gasteiger partial charge in [-0.15, -0.1) is 0 Å². The molecule has 2 rings (SSSR count). The Morgan fingerprint density at radius 2 is 2.25 bits per heavy atom. The molecule has 2 heterocycles. The molecule has 0 aliphatic rings. The average molecular weight is 294 g/mol. The first-order chi connectivity index (χ1) is 9.76. The monoisotopic (exact) mass is 293 g/mol. The van der Waals surface area contributed by atoms with E-state index in [1.165, 1.54) is 0 Å². The Kier molecular flexibility index (Phi) is 5.49. The molecule has 0 amide bonds. The van der Waals surface area contributed by atoms with Gasteiger partial charge in [-0.3, -0.25) is 9.67 Å². The Labute approximate surface area is 124 Å². The zero-order chi connectivity index (χ0) is 14.4. The van der Waals surface area contributed by atoms with Crippen LogP contribution in [0.1, 0.15) is 37.7 Å². The first-order valence-electron chi connectivity index (χ1n) is 6.95. The summed E-state index contributed by atoms with van der Waals surface area (Å²) < 4.78 is 1.91. The number of halogens is 1. The zero-order valence-corrected chi connectivity index (χ0v) is 12.6. The van der Waals surface area contributed by atoms with Gasteiger partial charge in [0, 0.05) is 31.4 Å². The van der Waals surface area contributed by atoms with Gasteiger partial charge >= 0.3 is 0 Å². The molecule has 5 nitrogen and oxygen atoms in total. The average Bonchev–Trinajstić information content (AvgIpc) is 2.91. The van der Waals surface area contributed by atoms with Crippen LogP contribution in [0.2, 0.25) is 5.02 Å². The molecule has 0 saturated heterocycles. The minimum absolute atomic E-state index is 0.125. The van der Waals surface area contributed by atoms with Crippen molar-refractivity contribution in [1.82, 2.24) is 25.1 Å². The fraction of sp³-hybridized carbons (Fsp3) is 0.500. The quantitative estimate of drug-likeness (QED) is 0.852. The number of hydrogen-bond acceptors (Lipinski definition) is 4. The number of nitrogens with zero attached hydrogens (tertiary/aromatic N) is 4. The number of aryl methyl sites for hydroxylation is 1. The summed E-state index contributed by atoms with van der Waals surface area (Å²) in [5.41, 5.74) is 1.06. The molecule has 0 fully saturated rings. The maximum Gasteiger partial charge on any atom is 0.138 e. The first kappa shape index (κ1) is 14.9. The number of nitrogens with one attached hydrogen (secondary N) is 1.